The fourth-order valence-corrected chi connectivity index (χ4v) is 2.91. The molecule has 1 unspecified atom stereocenters. The van der Waals surface area contributed by atoms with Crippen molar-refractivity contribution in [1.82, 2.24) is 10.2 Å². The third-order valence-corrected chi connectivity index (χ3v) is 4.11. The van der Waals surface area contributed by atoms with E-state index in [0.717, 1.165) is 17.2 Å². The van der Waals surface area contributed by atoms with E-state index < -0.39 is 0 Å². The second-order valence-electron chi connectivity index (χ2n) is 4.99. The summed E-state index contributed by atoms with van der Waals surface area (Å²) in [4.78, 5) is 25.6. The summed E-state index contributed by atoms with van der Waals surface area (Å²) in [5, 5.41) is 5.98. The molecule has 7 heteroatoms. The minimum absolute atomic E-state index is 0. The molecule has 5 nitrogen and oxygen atoms in total. The van der Waals surface area contributed by atoms with Crippen LogP contribution in [0.4, 0.5) is 5.69 Å². The molecule has 116 valence electrons. The number of nitrogens with zero attached hydrogens (tertiary/aromatic N) is 1. The summed E-state index contributed by atoms with van der Waals surface area (Å²) in [7, 11) is 3.43. The highest BCUT2D eigenvalue weighted by atomic mass is 35.5. The van der Waals surface area contributed by atoms with Gasteiger partial charge in [0.15, 0.2) is 0 Å². The van der Waals surface area contributed by atoms with Crippen LogP contribution in [0.15, 0.2) is 18.2 Å². The molecule has 1 aromatic carbocycles. The summed E-state index contributed by atoms with van der Waals surface area (Å²) < 4.78 is 0. The van der Waals surface area contributed by atoms with Crippen LogP contribution in [0.2, 0.25) is 0 Å². The molecule has 0 saturated carbocycles. The molecule has 1 fully saturated rings. The van der Waals surface area contributed by atoms with Gasteiger partial charge in [-0.25, -0.2) is 0 Å². The van der Waals surface area contributed by atoms with E-state index >= 15 is 0 Å². The molecule has 0 aliphatic carbocycles. The number of thioether (sulfide) groups is 1. The van der Waals surface area contributed by atoms with E-state index in [0.29, 0.717) is 11.3 Å². The van der Waals surface area contributed by atoms with Crippen LogP contribution in [0.25, 0.3) is 0 Å². The van der Waals surface area contributed by atoms with Crippen molar-refractivity contribution in [2.45, 2.75) is 13.0 Å². The first kappa shape index (κ1) is 17.8. The molecular weight excluding hydrogens is 310 g/mol. The molecule has 1 aliphatic heterocycles. The number of aryl methyl sites for hydroxylation is 1. The summed E-state index contributed by atoms with van der Waals surface area (Å²) in [5.74, 6) is 1.47. The Kier molecular flexibility index (Phi) is 6.51. The third-order valence-electron chi connectivity index (χ3n) is 3.17. The Hall–Kier alpha value is -1.24. The summed E-state index contributed by atoms with van der Waals surface area (Å²) in [5.41, 5.74) is 2.17. The van der Waals surface area contributed by atoms with Gasteiger partial charge in [0.25, 0.3) is 5.91 Å². The number of hydrogen-bond donors (Lipinski definition) is 2. The van der Waals surface area contributed by atoms with Gasteiger partial charge in [-0.3, -0.25) is 14.9 Å². The van der Waals surface area contributed by atoms with Gasteiger partial charge in [0.2, 0.25) is 5.91 Å². The van der Waals surface area contributed by atoms with Crippen LogP contribution in [0, 0.1) is 6.92 Å². The molecule has 1 aliphatic rings. The van der Waals surface area contributed by atoms with Crippen molar-refractivity contribution in [3.8, 4) is 0 Å². The molecule has 0 aromatic heterocycles. The lowest BCUT2D eigenvalue weighted by molar-refractivity contribution is -0.117. The first-order valence-corrected chi connectivity index (χ1v) is 7.59. The smallest absolute Gasteiger partial charge is 0.253 e. The van der Waals surface area contributed by atoms with Crippen molar-refractivity contribution in [2.75, 3.05) is 31.0 Å². The maximum absolute atomic E-state index is 12.1. The van der Waals surface area contributed by atoms with Crippen LogP contribution >= 0.6 is 24.2 Å². The summed E-state index contributed by atoms with van der Waals surface area (Å²) in [6.45, 7) is 1.89. The third kappa shape index (κ3) is 4.36. The van der Waals surface area contributed by atoms with Crippen LogP contribution in [0.3, 0.4) is 0 Å². The quantitative estimate of drug-likeness (QED) is 0.886. The van der Waals surface area contributed by atoms with Gasteiger partial charge in [-0.15, -0.1) is 24.2 Å². The van der Waals surface area contributed by atoms with E-state index in [4.69, 9.17) is 0 Å². The zero-order valence-electron chi connectivity index (χ0n) is 12.3. The minimum atomic E-state index is -0.158. The van der Waals surface area contributed by atoms with Crippen LogP contribution in [0.5, 0.6) is 0 Å². The van der Waals surface area contributed by atoms with E-state index in [1.165, 1.54) is 4.90 Å². The van der Waals surface area contributed by atoms with Crippen LogP contribution in [0.1, 0.15) is 15.9 Å². The molecule has 2 rings (SSSR count). The molecule has 0 spiro atoms. The monoisotopic (exact) mass is 329 g/mol. The first-order valence-electron chi connectivity index (χ1n) is 6.43. The summed E-state index contributed by atoms with van der Waals surface area (Å²) in [6.07, 6.45) is 0. The molecule has 1 atom stereocenters. The Balaban J connectivity index is 0.00000220. The van der Waals surface area contributed by atoms with Crippen LogP contribution in [-0.2, 0) is 4.79 Å². The summed E-state index contributed by atoms with van der Waals surface area (Å²) >= 11 is 1.70. The number of rotatable bonds is 3. The van der Waals surface area contributed by atoms with E-state index in [2.05, 4.69) is 10.6 Å². The molecule has 21 heavy (non-hydrogen) atoms. The number of amides is 2. The number of hydrogen-bond acceptors (Lipinski definition) is 4. The van der Waals surface area contributed by atoms with Gasteiger partial charge in [0.05, 0.1) is 6.04 Å². The summed E-state index contributed by atoms with van der Waals surface area (Å²) in [6, 6.07) is 5.25. The lowest BCUT2D eigenvalue weighted by atomic mass is 10.1. The van der Waals surface area contributed by atoms with E-state index in [1.807, 2.05) is 19.1 Å². The molecular formula is C14H20ClN3O2S. The number of anilines is 1. The van der Waals surface area contributed by atoms with E-state index in [9.17, 15) is 9.59 Å². The van der Waals surface area contributed by atoms with Crippen LogP contribution in [-0.4, -0.2) is 48.5 Å². The SMILES string of the molecule is Cc1ccc(NC(=O)C2CSCN2)cc1C(=O)N(C)C.Cl. The standard InChI is InChI=1S/C14H19N3O2S.ClH/c1-9-4-5-10(6-11(9)14(19)17(2)3)16-13(18)12-7-20-8-15-12;/h4-6,12,15H,7-8H2,1-3H3,(H,16,18);1H. The lowest BCUT2D eigenvalue weighted by Crippen LogP contribution is -2.37. The maximum atomic E-state index is 12.1. The van der Waals surface area contributed by atoms with Crippen molar-refractivity contribution in [3.05, 3.63) is 29.3 Å². The maximum Gasteiger partial charge on any atom is 0.253 e. The zero-order chi connectivity index (χ0) is 14.7. The molecule has 1 aromatic rings. The number of carbonyl (C=O) groups is 2. The van der Waals surface area contributed by atoms with Gasteiger partial charge in [0, 0.05) is 37.0 Å². The van der Waals surface area contributed by atoms with Crippen LogP contribution < -0.4 is 10.6 Å². The fourth-order valence-electron chi connectivity index (χ4n) is 1.96. The Morgan fingerprint density at radius 3 is 2.67 bits per heavy atom. The highest BCUT2D eigenvalue weighted by Crippen LogP contribution is 2.18. The zero-order valence-corrected chi connectivity index (χ0v) is 13.9. The predicted octanol–water partition coefficient (Wildman–Crippen LogP) is 1.72. The Morgan fingerprint density at radius 1 is 1.38 bits per heavy atom. The molecule has 0 bridgehead atoms. The number of nitrogens with one attached hydrogen (secondary N) is 2. The largest absolute Gasteiger partial charge is 0.345 e. The molecule has 2 amide bonds. The minimum Gasteiger partial charge on any atom is -0.345 e. The molecule has 0 radical (unpaired) electrons. The van der Waals surface area contributed by atoms with Crippen molar-refractivity contribution in [1.29, 1.82) is 0 Å². The number of carbonyl (C=O) groups excluding carboxylic acids is 2. The van der Waals surface area contributed by atoms with Gasteiger partial charge in [0.1, 0.15) is 0 Å². The number of benzene rings is 1. The van der Waals surface area contributed by atoms with Crippen molar-refractivity contribution in [3.63, 3.8) is 0 Å². The van der Waals surface area contributed by atoms with Crippen molar-refractivity contribution in [2.24, 2.45) is 0 Å². The Labute approximate surface area is 135 Å². The number of halogens is 1. The van der Waals surface area contributed by atoms with Crippen molar-refractivity contribution < 1.29 is 9.59 Å². The molecule has 1 saturated heterocycles. The molecule has 2 N–H and O–H groups in total. The first-order chi connectivity index (χ1) is 9.49. The Bertz CT molecular complexity index is 531. The van der Waals surface area contributed by atoms with Crippen molar-refractivity contribution >= 4 is 41.7 Å². The average Bonchev–Trinajstić information content (AvgIpc) is 2.94. The van der Waals surface area contributed by atoms with E-state index in [1.54, 1.807) is 31.9 Å². The van der Waals surface area contributed by atoms with Gasteiger partial charge in [-0.2, -0.15) is 0 Å². The average molecular weight is 330 g/mol. The highest BCUT2D eigenvalue weighted by Gasteiger charge is 2.22. The normalized spacial score (nSPS) is 17.0. The van der Waals surface area contributed by atoms with E-state index in [-0.39, 0.29) is 30.3 Å². The fraction of sp³-hybridized carbons (Fsp3) is 0.429. The lowest BCUT2D eigenvalue weighted by Gasteiger charge is -2.15. The van der Waals surface area contributed by atoms with Gasteiger partial charge in [-0.05, 0) is 24.6 Å². The van der Waals surface area contributed by atoms with Gasteiger partial charge < -0.3 is 10.2 Å². The van der Waals surface area contributed by atoms with Gasteiger partial charge in [-0.1, -0.05) is 6.07 Å². The predicted molar refractivity (Wildman–Crippen MR) is 89.3 cm³/mol. The second-order valence-corrected chi connectivity index (χ2v) is 6.02. The molecule has 1 heterocycles. The second kappa shape index (κ2) is 7.68. The topological polar surface area (TPSA) is 61.4 Å². The van der Waals surface area contributed by atoms with Gasteiger partial charge >= 0.3 is 0 Å². The highest BCUT2D eigenvalue weighted by molar-refractivity contribution is 7.99. The Morgan fingerprint density at radius 2 is 2.10 bits per heavy atom.